The zero-order valence-electron chi connectivity index (χ0n) is 13.4. The Morgan fingerprint density at radius 2 is 2.22 bits per heavy atom. The van der Waals surface area contributed by atoms with Crippen molar-refractivity contribution in [2.24, 2.45) is 0 Å². The zero-order valence-corrected chi connectivity index (χ0v) is 15.0. The fourth-order valence-electron chi connectivity index (χ4n) is 2.85. The van der Waals surface area contributed by atoms with Crippen molar-refractivity contribution in [1.82, 2.24) is 13.9 Å². The van der Waals surface area contributed by atoms with Gasteiger partial charge in [-0.3, -0.25) is 4.90 Å². The minimum Gasteiger partial charge on any atom is -0.299 e. The Labute approximate surface area is 142 Å². The van der Waals surface area contributed by atoms with E-state index < -0.39 is 16.0 Å². The second-order valence-corrected chi connectivity index (χ2v) is 8.00. The van der Waals surface area contributed by atoms with Gasteiger partial charge in [0.1, 0.15) is 5.82 Å². The topological polar surface area (TPSA) is 52.7 Å². The van der Waals surface area contributed by atoms with Crippen LogP contribution in [0.25, 0.3) is 0 Å². The SMILES string of the molecule is CCN1CCCC1CNS(=O)(=O)N(C)Cc1c(F)cccc1Cl. The van der Waals surface area contributed by atoms with Gasteiger partial charge in [-0.15, -0.1) is 0 Å². The summed E-state index contributed by atoms with van der Waals surface area (Å²) in [4.78, 5) is 2.26. The van der Waals surface area contributed by atoms with Crippen molar-refractivity contribution in [2.75, 3.05) is 26.7 Å². The molecule has 0 amide bonds. The number of likely N-dealkylation sites (tertiary alicyclic amines) is 1. The third-order valence-electron chi connectivity index (χ3n) is 4.26. The highest BCUT2D eigenvalue weighted by atomic mass is 35.5. The van der Waals surface area contributed by atoms with Crippen LogP contribution in [0.2, 0.25) is 5.02 Å². The molecule has 1 aromatic rings. The van der Waals surface area contributed by atoms with Crippen LogP contribution in [0.4, 0.5) is 4.39 Å². The fourth-order valence-corrected chi connectivity index (χ4v) is 3.99. The van der Waals surface area contributed by atoms with Crippen molar-refractivity contribution >= 4 is 21.8 Å². The standard InChI is InChI=1S/C15H23ClFN3O2S/c1-3-20-9-5-6-12(20)10-18-23(21,22)19(2)11-13-14(16)7-4-8-15(13)17/h4,7-8,12,18H,3,5-6,9-11H2,1-2H3. The van der Waals surface area contributed by atoms with Gasteiger partial charge in [0.2, 0.25) is 0 Å². The summed E-state index contributed by atoms with van der Waals surface area (Å²) >= 11 is 5.95. The third-order valence-corrected chi connectivity index (χ3v) is 6.09. The number of nitrogens with zero attached hydrogens (tertiary/aromatic N) is 2. The first-order chi connectivity index (χ1) is 10.8. The molecule has 2 rings (SSSR count). The molecule has 1 atom stereocenters. The predicted molar refractivity (Wildman–Crippen MR) is 90.1 cm³/mol. The first-order valence-corrected chi connectivity index (χ1v) is 9.54. The van der Waals surface area contributed by atoms with Crippen LogP contribution < -0.4 is 4.72 Å². The van der Waals surface area contributed by atoms with Crippen LogP contribution in [0.15, 0.2) is 18.2 Å². The molecule has 1 fully saturated rings. The Bertz CT molecular complexity index is 621. The van der Waals surface area contributed by atoms with Gasteiger partial charge in [-0.05, 0) is 38.1 Å². The molecule has 8 heteroatoms. The van der Waals surface area contributed by atoms with Gasteiger partial charge in [0.25, 0.3) is 10.2 Å². The number of hydrogen-bond acceptors (Lipinski definition) is 3. The Morgan fingerprint density at radius 3 is 2.87 bits per heavy atom. The monoisotopic (exact) mass is 363 g/mol. The lowest BCUT2D eigenvalue weighted by molar-refractivity contribution is 0.266. The van der Waals surface area contributed by atoms with Crippen molar-refractivity contribution in [2.45, 2.75) is 32.4 Å². The number of nitrogens with one attached hydrogen (secondary N) is 1. The molecule has 1 heterocycles. The molecule has 130 valence electrons. The Morgan fingerprint density at radius 1 is 1.48 bits per heavy atom. The molecule has 5 nitrogen and oxygen atoms in total. The lowest BCUT2D eigenvalue weighted by Crippen LogP contribution is -2.44. The molecule has 0 saturated carbocycles. The van der Waals surface area contributed by atoms with Crippen molar-refractivity contribution < 1.29 is 12.8 Å². The van der Waals surface area contributed by atoms with Crippen molar-refractivity contribution in [3.05, 3.63) is 34.6 Å². The molecule has 1 saturated heterocycles. The van der Waals surface area contributed by atoms with E-state index in [1.165, 1.54) is 19.2 Å². The average Bonchev–Trinajstić information content (AvgIpc) is 2.96. The Balaban J connectivity index is 1.99. The minimum atomic E-state index is -3.68. The summed E-state index contributed by atoms with van der Waals surface area (Å²) in [6.45, 7) is 4.24. The first-order valence-electron chi connectivity index (χ1n) is 7.73. The maximum absolute atomic E-state index is 13.8. The minimum absolute atomic E-state index is 0.108. The van der Waals surface area contributed by atoms with Crippen LogP contribution in [0.5, 0.6) is 0 Å². The lowest BCUT2D eigenvalue weighted by atomic mass is 10.2. The third kappa shape index (κ3) is 4.64. The van der Waals surface area contributed by atoms with E-state index in [1.54, 1.807) is 6.07 Å². The molecular formula is C15H23ClFN3O2S. The lowest BCUT2D eigenvalue weighted by Gasteiger charge is -2.25. The van der Waals surface area contributed by atoms with E-state index in [9.17, 15) is 12.8 Å². The molecule has 0 aromatic heterocycles. The molecule has 1 aromatic carbocycles. The first kappa shape index (κ1) is 18.6. The molecule has 0 spiro atoms. The van der Waals surface area contributed by atoms with E-state index in [0.29, 0.717) is 6.54 Å². The number of likely N-dealkylation sites (N-methyl/N-ethyl adjacent to an activating group) is 1. The van der Waals surface area contributed by atoms with Crippen molar-refractivity contribution in [3.63, 3.8) is 0 Å². The van der Waals surface area contributed by atoms with Crippen LogP contribution in [0, 0.1) is 5.82 Å². The Hall–Kier alpha value is -0.730. The van der Waals surface area contributed by atoms with Gasteiger partial charge in [0.05, 0.1) is 0 Å². The highest BCUT2D eigenvalue weighted by Gasteiger charge is 2.26. The molecule has 1 aliphatic rings. The van der Waals surface area contributed by atoms with Gasteiger partial charge < -0.3 is 0 Å². The van der Waals surface area contributed by atoms with Crippen molar-refractivity contribution in [3.8, 4) is 0 Å². The van der Waals surface area contributed by atoms with E-state index >= 15 is 0 Å². The predicted octanol–water partition coefficient (Wildman–Crippen LogP) is 2.23. The number of halogens is 2. The maximum atomic E-state index is 13.8. The maximum Gasteiger partial charge on any atom is 0.279 e. The van der Waals surface area contributed by atoms with Crippen LogP contribution in [-0.4, -0.2) is 50.3 Å². The van der Waals surface area contributed by atoms with Gasteiger partial charge in [0, 0.05) is 36.8 Å². The van der Waals surface area contributed by atoms with Gasteiger partial charge in [-0.25, -0.2) is 9.11 Å². The highest BCUT2D eigenvalue weighted by molar-refractivity contribution is 7.87. The molecule has 0 aliphatic carbocycles. The summed E-state index contributed by atoms with van der Waals surface area (Å²) in [5, 5.41) is 0.222. The van der Waals surface area contributed by atoms with E-state index in [2.05, 4.69) is 16.5 Å². The summed E-state index contributed by atoms with van der Waals surface area (Å²) in [5.74, 6) is -0.507. The quantitative estimate of drug-likeness (QED) is 0.808. The normalized spacial score (nSPS) is 19.6. The number of hydrogen-bond donors (Lipinski definition) is 1. The van der Waals surface area contributed by atoms with E-state index in [1.807, 2.05) is 0 Å². The molecule has 1 unspecified atom stereocenters. The average molecular weight is 364 g/mol. The van der Waals surface area contributed by atoms with Crippen molar-refractivity contribution in [1.29, 1.82) is 0 Å². The summed E-state index contributed by atoms with van der Waals surface area (Å²) < 4.78 is 42.2. The number of benzene rings is 1. The molecule has 1 N–H and O–H groups in total. The zero-order chi connectivity index (χ0) is 17.0. The summed E-state index contributed by atoms with van der Waals surface area (Å²) in [5.41, 5.74) is 0.179. The van der Waals surface area contributed by atoms with Gasteiger partial charge in [-0.2, -0.15) is 12.7 Å². The van der Waals surface area contributed by atoms with Crippen LogP contribution in [-0.2, 0) is 16.8 Å². The largest absolute Gasteiger partial charge is 0.299 e. The van der Waals surface area contributed by atoms with Crippen LogP contribution >= 0.6 is 11.6 Å². The van der Waals surface area contributed by atoms with E-state index in [4.69, 9.17) is 11.6 Å². The van der Waals surface area contributed by atoms with Crippen LogP contribution in [0.1, 0.15) is 25.3 Å². The molecule has 1 aliphatic heterocycles. The summed E-state index contributed by atoms with van der Waals surface area (Å²) in [7, 11) is -2.27. The van der Waals surface area contributed by atoms with Gasteiger partial charge in [-0.1, -0.05) is 24.6 Å². The smallest absolute Gasteiger partial charge is 0.279 e. The van der Waals surface area contributed by atoms with E-state index in [-0.39, 0.29) is 23.2 Å². The molecule has 0 radical (unpaired) electrons. The summed E-state index contributed by atoms with van der Waals surface area (Å²) in [6.07, 6.45) is 2.07. The molecule has 23 heavy (non-hydrogen) atoms. The second kappa shape index (κ2) is 7.90. The fraction of sp³-hybridized carbons (Fsp3) is 0.600. The van der Waals surface area contributed by atoms with Crippen LogP contribution in [0.3, 0.4) is 0 Å². The molecular weight excluding hydrogens is 341 g/mol. The van der Waals surface area contributed by atoms with Gasteiger partial charge in [0.15, 0.2) is 0 Å². The second-order valence-electron chi connectivity index (χ2n) is 5.73. The van der Waals surface area contributed by atoms with E-state index in [0.717, 1.165) is 30.2 Å². The Kier molecular flexibility index (Phi) is 6.39. The molecule has 0 bridgehead atoms. The van der Waals surface area contributed by atoms with Gasteiger partial charge >= 0.3 is 0 Å². The summed E-state index contributed by atoms with van der Waals surface area (Å²) in [6, 6.07) is 4.53. The highest BCUT2D eigenvalue weighted by Crippen LogP contribution is 2.21. The number of rotatable bonds is 7.